The molecule has 3 nitrogen and oxygen atoms in total. The molecule has 0 spiro atoms. The number of rotatable bonds is 4. The van der Waals surface area contributed by atoms with E-state index in [1.807, 2.05) is 0 Å². The fraction of sp³-hybridized carbons (Fsp3) is 0.300. The zero-order valence-corrected chi connectivity index (χ0v) is 10.6. The van der Waals surface area contributed by atoms with Gasteiger partial charge < -0.3 is 0 Å². The van der Waals surface area contributed by atoms with Gasteiger partial charge in [0.15, 0.2) is 9.84 Å². The Labute approximate surface area is 105 Å². The molecule has 0 fully saturated rings. The first-order chi connectivity index (χ1) is 7.43. The summed E-state index contributed by atoms with van der Waals surface area (Å²) in [6, 6.07) is 6.44. The lowest BCUT2D eigenvalue weighted by Crippen LogP contribution is -2.08. The van der Waals surface area contributed by atoms with Gasteiger partial charge in [-0.05, 0) is 23.8 Å². The van der Waals surface area contributed by atoms with E-state index in [-0.39, 0.29) is 17.9 Å². The third-order valence-corrected chi connectivity index (χ3v) is 3.87. The number of halogens is 2. The van der Waals surface area contributed by atoms with Crippen LogP contribution < -0.4 is 0 Å². The minimum atomic E-state index is -3.27. The molecule has 0 radical (unpaired) electrons. The van der Waals surface area contributed by atoms with Gasteiger partial charge in [-0.1, -0.05) is 23.2 Å². The molecular formula is C10H9Cl2NO2S. The second-order valence-corrected chi connectivity index (χ2v) is 6.33. The van der Waals surface area contributed by atoms with E-state index in [0.717, 1.165) is 0 Å². The van der Waals surface area contributed by atoms with Crippen molar-refractivity contribution in [2.24, 2.45) is 0 Å². The smallest absolute Gasteiger partial charge is 0.155 e. The van der Waals surface area contributed by atoms with E-state index in [0.29, 0.717) is 15.6 Å². The predicted octanol–water partition coefficient (Wildman–Crippen LogP) is 2.82. The van der Waals surface area contributed by atoms with E-state index in [9.17, 15) is 8.42 Å². The predicted molar refractivity (Wildman–Crippen MR) is 64.2 cm³/mol. The van der Waals surface area contributed by atoms with Crippen molar-refractivity contribution in [1.29, 1.82) is 5.26 Å². The molecule has 0 N–H and O–H groups in total. The maximum absolute atomic E-state index is 11.5. The maximum atomic E-state index is 11.5. The van der Waals surface area contributed by atoms with Gasteiger partial charge in [0.25, 0.3) is 0 Å². The number of nitrogens with zero attached hydrogens (tertiary/aromatic N) is 1. The van der Waals surface area contributed by atoms with Crippen molar-refractivity contribution in [2.75, 3.05) is 5.75 Å². The second kappa shape index (κ2) is 5.53. The Morgan fingerprint density at radius 3 is 2.25 bits per heavy atom. The van der Waals surface area contributed by atoms with Crippen LogP contribution >= 0.6 is 23.2 Å². The van der Waals surface area contributed by atoms with Crippen molar-refractivity contribution in [1.82, 2.24) is 0 Å². The van der Waals surface area contributed by atoms with Crippen LogP contribution in [0.3, 0.4) is 0 Å². The van der Waals surface area contributed by atoms with Crippen LogP contribution in [-0.2, 0) is 15.6 Å². The summed E-state index contributed by atoms with van der Waals surface area (Å²) in [6.45, 7) is 0. The highest BCUT2D eigenvalue weighted by atomic mass is 35.5. The number of hydrogen-bond donors (Lipinski definition) is 0. The summed E-state index contributed by atoms with van der Waals surface area (Å²) in [5, 5.41) is 9.13. The van der Waals surface area contributed by atoms with E-state index in [1.54, 1.807) is 18.2 Å². The molecule has 1 aromatic rings. The number of hydrogen-bond acceptors (Lipinski definition) is 3. The van der Waals surface area contributed by atoms with Crippen LogP contribution in [-0.4, -0.2) is 14.2 Å². The molecule has 0 aliphatic carbocycles. The van der Waals surface area contributed by atoms with Crippen molar-refractivity contribution in [3.8, 4) is 6.07 Å². The second-order valence-electron chi connectivity index (χ2n) is 3.28. The largest absolute Gasteiger partial charge is 0.228 e. The monoisotopic (exact) mass is 277 g/mol. The Bertz CT molecular complexity index is 500. The molecule has 0 heterocycles. The van der Waals surface area contributed by atoms with Gasteiger partial charge in [0.1, 0.15) is 0 Å². The fourth-order valence-electron chi connectivity index (χ4n) is 1.22. The zero-order chi connectivity index (χ0) is 12.2. The van der Waals surface area contributed by atoms with Crippen molar-refractivity contribution in [3.05, 3.63) is 33.8 Å². The summed E-state index contributed by atoms with van der Waals surface area (Å²) in [5.41, 5.74) is 0.537. The summed E-state index contributed by atoms with van der Waals surface area (Å²) in [4.78, 5) is 0. The van der Waals surface area contributed by atoms with E-state index in [2.05, 4.69) is 0 Å². The minimum absolute atomic E-state index is 0.00334. The molecule has 0 amide bonds. The Balaban J connectivity index is 2.84. The molecule has 6 heteroatoms. The highest BCUT2D eigenvalue weighted by molar-refractivity contribution is 7.90. The molecule has 0 bridgehead atoms. The molecule has 0 aliphatic rings. The first kappa shape index (κ1) is 13.3. The molecule has 0 aliphatic heterocycles. The summed E-state index contributed by atoms with van der Waals surface area (Å²) >= 11 is 11.5. The van der Waals surface area contributed by atoms with E-state index < -0.39 is 9.84 Å². The van der Waals surface area contributed by atoms with E-state index in [4.69, 9.17) is 28.5 Å². The van der Waals surface area contributed by atoms with Crippen LogP contribution in [0, 0.1) is 11.3 Å². The molecule has 0 saturated carbocycles. The quantitative estimate of drug-likeness (QED) is 0.850. The van der Waals surface area contributed by atoms with Crippen LogP contribution in [0.4, 0.5) is 0 Å². The van der Waals surface area contributed by atoms with E-state index >= 15 is 0 Å². The van der Waals surface area contributed by atoms with Crippen molar-refractivity contribution in [2.45, 2.75) is 12.2 Å². The molecule has 0 atom stereocenters. The van der Waals surface area contributed by atoms with Crippen molar-refractivity contribution < 1.29 is 8.42 Å². The zero-order valence-electron chi connectivity index (χ0n) is 8.28. The van der Waals surface area contributed by atoms with Gasteiger partial charge in [0.05, 0.1) is 17.6 Å². The van der Waals surface area contributed by atoms with Crippen LogP contribution in [0.1, 0.15) is 12.0 Å². The van der Waals surface area contributed by atoms with Gasteiger partial charge in [0, 0.05) is 16.5 Å². The SMILES string of the molecule is N#CCCS(=O)(=O)Cc1cc(Cl)cc(Cl)c1. The average molecular weight is 278 g/mol. The standard InChI is InChI=1S/C10H9Cl2NO2S/c11-9-4-8(5-10(12)6-9)7-16(14,15)3-1-2-13/h4-6H,1,3,7H2. The normalized spacial score (nSPS) is 11.1. The Morgan fingerprint density at radius 2 is 1.75 bits per heavy atom. The van der Waals surface area contributed by atoms with Gasteiger partial charge in [-0.3, -0.25) is 0 Å². The number of sulfone groups is 1. The molecular weight excluding hydrogens is 269 g/mol. The van der Waals surface area contributed by atoms with Gasteiger partial charge in [0.2, 0.25) is 0 Å². The Hall–Kier alpha value is -0.760. The van der Waals surface area contributed by atoms with Crippen LogP contribution in [0.15, 0.2) is 18.2 Å². The summed E-state index contributed by atoms with van der Waals surface area (Å²) < 4.78 is 23.1. The lowest BCUT2D eigenvalue weighted by molar-refractivity contribution is 0.595. The number of benzene rings is 1. The van der Waals surface area contributed by atoms with Gasteiger partial charge in [-0.25, -0.2) is 8.42 Å². The van der Waals surface area contributed by atoms with Crippen LogP contribution in [0.2, 0.25) is 10.0 Å². The molecule has 16 heavy (non-hydrogen) atoms. The third kappa shape index (κ3) is 4.40. The first-order valence-corrected chi connectivity index (χ1v) is 7.03. The van der Waals surface area contributed by atoms with Gasteiger partial charge in [-0.2, -0.15) is 5.26 Å². The van der Waals surface area contributed by atoms with Crippen LogP contribution in [0.5, 0.6) is 0 Å². The van der Waals surface area contributed by atoms with Gasteiger partial charge in [-0.15, -0.1) is 0 Å². The number of nitriles is 1. The topological polar surface area (TPSA) is 57.9 Å². The molecule has 0 saturated heterocycles. The molecule has 0 aromatic heterocycles. The average Bonchev–Trinajstić information content (AvgIpc) is 2.12. The molecule has 86 valence electrons. The maximum Gasteiger partial charge on any atom is 0.155 e. The van der Waals surface area contributed by atoms with Crippen molar-refractivity contribution >= 4 is 33.0 Å². The highest BCUT2D eigenvalue weighted by Gasteiger charge is 2.12. The summed E-state index contributed by atoms with van der Waals surface area (Å²) in [6.07, 6.45) is -0.00334. The summed E-state index contributed by atoms with van der Waals surface area (Å²) in [5.74, 6) is -0.289. The molecule has 1 rings (SSSR count). The third-order valence-electron chi connectivity index (χ3n) is 1.83. The summed E-state index contributed by atoms with van der Waals surface area (Å²) in [7, 11) is -3.27. The lowest BCUT2D eigenvalue weighted by Gasteiger charge is -2.03. The minimum Gasteiger partial charge on any atom is -0.228 e. The van der Waals surface area contributed by atoms with E-state index in [1.165, 1.54) is 6.07 Å². The van der Waals surface area contributed by atoms with Crippen LogP contribution in [0.25, 0.3) is 0 Å². The highest BCUT2D eigenvalue weighted by Crippen LogP contribution is 2.20. The molecule has 1 aromatic carbocycles. The molecule has 0 unspecified atom stereocenters. The fourth-order valence-corrected chi connectivity index (χ4v) is 3.01. The van der Waals surface area contributed by atoms with Gasteiger partial charge >= 0.3 is 0 Å². The van der Waals surface area contributed by atoms with Crippen molar-refractivity contribution in [3.63, 3.8) is 0 Å². The Kier molecular flexibility index (Phi) is 4.60. The lowest BCUT2D eigenvalue weighted by atomic mass is 10.2. The Morgan fingerprint density at radius 1 is 1.19 bits per heavy atom. The first-order valence-electron chi connectivity index (χ1n) is 4.45.